The lowest BCUT2D eigenvalue weighted by Gasteiger charge is -2.10. The minimum Gasteiger partial charge on any atom is -0.454 e. The van der Waals surface area contributed by atoms with E-state index in [2.05, 4.69) is 5.32 Å². The molecule has 6 nitrogen and oxygen atoms in total. The number of fused-ring (bicyclic) bond motifs is 1. The summed E-state index contributed by atoms with van der Waals surface area (Å²) in [7, 11) is -3.46. The third-order valence-electron chi connectivity index (χ3n) is 3.74. The zero-order valence-corrected chi connectivity index (χ0v) is 13.9. The van der Waals surface area contributed by atoms with Gasteiger partial charge < -0.3 is 14.8 Å². The van der Waals surface area contributed by atoms with Crippen molar-refractivity contribution in [3.05, 3.63) is 53.6 Å². The molecular formula is C17H17NO5S. The number of hydrogen-bond donors (Lipinski definition) is 1. The maximum absolute atomic E-state index is 12.4. The second-order valence-corrected chi connectivity index (χ2v) is 7.52. The average molecular weight is 347 g/mol. The van der Waals surface area contributed by atoms with E-state index in [0.717, 1.165) is 5.56 Å². The first-order chi connectivity index (χ1) is 11.5. The highest BCUT2D eigenvalue weighted by Crippen LogP contribution is 2.32. The van der Waals surface area contributed by atoms with Crippen LogP contribution in [0.1, 0.15) is 22.8 Å². The molecule has 0 fully saturated rings. The number of hydrogen-bond acceptors (Lipinski definition) is 5. The van der Waals surface area contributed by atoms with Crippen LogP contribution in [0.2, 0.25) is 0 Å². The molecule has 0 saturated heterocycles. The molecule has 2 aromatic rings. The van der Waals surface area contributed by atoms with Crippen molar-refractivity contribution < 1.29 is 22.7 Å². The van der Waals surface area contributed by atoms with Crippen LogP contribution in [0.15, 0.2) is 47.4 Å². The summed E-state index contributed by atoms with van der Waals surface area (Å²) in [5, 5.41) is 2.74. The Morgan fingerprint density at radius 2 is 1.88 bits per heavy atom. The van der Waals surface area contributed by atoms with Gasteiger partial charge in [-0.25, -0.2) is 8.42 Å². The SMILES string of the molecule is CCS(=O)(=O)c1ccccc1C(=O)NCc1ccc2c(c1)OCO2. The van der Waals surface area contributed by atoms with Crippen molar-refractivity contribution in [2.75, 3.05) is 12.5 Å². The smallest absolute Gasteiger partial charge is 0.252 e. The zero-order valence-electron chi connectivity index (χ0n) is 13.1. The first kappa shape index (κ1) is 16.3. The molecule has 0 aliphatic carbocycles. The van der Waals surface area contributed by atoms with Crippen molar-refractivity contribution >= 4 is 15.7 Å². The van der Waals surface area contributed by atoms with Gasteiger partial charge in [0.2, 0.25) is 6.79 Å². The lowest BCUT2D eigenvalue weighted by Crippen LogP contribution is -2.25. The molecule has 2 aromatic carbocycles. The topological polar surface area (TPSA) is 81.7 Å². The number of sulfone groups is 1. The Hall–Kier alpha value is -2.54. The first-order valence-corrected chi connectivity index (χ1v) is 9.15. The van der Waals surface area contributed by atoms with Crippen LogP contribution in [0.5, 0.6) is 11.5 Å². The summed E-state index contributed by atoms with van der Waals surface area (Å²) in [5.74, 6) is 0.819. The monoisotopic (exact) mass is 347 g/mol. The highest BCUT2D eigenvalue weighted by molar-refractivity contribution is 7.91. The molecule has 126 valence electrons. The quantitative estimate of drug-likeness (QED) is 0.896. The van der Waals surface area contributed by atoms with Gasteiger partial charge in [-0.2, -0.15) is 0 Å². The van der Waals surface area contributed by atoms with Crippen molar-refractivity contribution in [1.82, 2.24) is 5.32 Å². The number of amides is 1. The van der Waals surface area contributed by atoms with E-state index in [0.29, 0.717) is 11.5 Å². The molecule has 0 aromatic heterocycles. The summed E-state index contributed by atoms with van der Waals surface area (Å²) >= 11 is 0. The van der Waals surface area contributed by atoms with Crippen molar-refractivity contribution in [2.24, 2.45) is 0 Å². The van der Waals surface area contributed by atoms with Crippen LogP contribution in [0, 0.1) is 0 Å². The second kappa shape index (κ2) is 6.52. The fourth-order valence-electron chi connectivity index (χ4n) is 2.41. The predicted octanol–water partition coefficient (Wildman–Crippen LogP) is 2.14. The van der Waals surface area contributed by atoms with Crippen LogP contribution in [0.3, 0.4) is 0 Å². The molecular weight excluding hydrogens is 330 g/mol. The van der Waals surface area contributed by atoms with E-state index in [1.807, 2.05) is 6.07 Å². The third-order valence-corrected chi connectivity index (χ3v) is 5.52. The molecule has 1 aliphatic heterocycles. The minimum absolute atomic E-state index is 0.0516. The van der Waals surface area contributed by atoms with Crippen LogP contribution >= 0.6 is 0 Å². The molecule has 3 rings (SSSR count). The van der Waals surface area contributed by atoms with Crippen LogP contribution in [-0.4, -0.2) is 26.9 Å². The van der Waals surface area contributed by atoms with Crippen LogP contribution in [-0.2, 0) is 16.4 Å². The van der Waals surface area contributed by atoms with Gasteiger partial charge in [-0.3, -0.25) is 4.79 Å². The molecule has 0 unspecified atom stereocenters. The summed E-state index contributed by atoms with van der Waals surface area (Å²) in [6, 6.07) is 11.6. The summed E-state index contributed by atoms with van der Waals surface area (Å²) in [4.78, 5) is 12.5. The summed E-state index contributed by atoms with van der Waals surface area (Å²) in [5.41, 5.74) is 0.989. The molecule has 1 amide bonds. The fraction of sp³-hybridized carbons (Fsp3) is 0.235. The van der Waals surface area contributed by atoms with Crippen LogP contribution in [0.25, 0.3) is 0 Å². The lowest BCUT2D eigenvalue weighted by molar-refractivity contribution is 0.0947. The summed E-state index contributed by atoms with van der Waals surface area (Å²) in [6.07, 6.45) is 0. The van der Waals surface area contributed by atoms with E-state index in [4.69, 9.17) is 9.47 Å². The third kappa shape index (κ3) is 3.21. The number of carbonyl (C=O) groups excluding carboxylic acids is 1. The van der Waals surface area contributed by atoms with Gasteiger partial charge in [0.15, 0.2) is 21.3 Å². The molecule has 1 heterocycles. The van der Waals surface area contributed by atoms with E-state index in [1.54, 1.807) is 31.2 Å². The normalized spacial score (nSPS) is 12.9. The largest absolute Gasteiger partial charge is 0.454 e. The summed E-state index contributed by atoms with van der Waals surface area (Å²) in [6.45, 7) is 2.00. The van der Waals surface area contributed by atoms with E-state index in [1.165, 1.54) is 12.1 Å². The number of carbonyl (C=O) groups is 1. The van der Waals surface area contributed by atoms with Gasteiger partial charge in [-0.1, -0.05) is 25.1 Å². The zero-order chi connectivity index (χ0) is 17.2. The van der Waals surface area contributed by atoms with E-state index >= 15 is 0 Å². The van der Waals surface area contributed by atoms with Crippen LogP contribution < -0.4 is 14.8 Å². The predicted molar refractivity (Wildman–Crippen MR) is 87.9 cm³/mol. The molecule has 0 bridgehead atoms. The van der Waals surface area contributed by atoms with Gasteiger partial charge in [0.1, 0.15) is 0 Å². The molecule has 1 aliphatic rings. The Morgan fingerprint density at radius 1 is 1.12 bits per heavy atom. The molecule has 0 atom stereocenters. The molecule has 0 saturated carbocycles. The molecule has 0 radical (unpaired) electrons. The standard InChI is InChI=1S/C17H17NO5S/c1-2-24(20,21)16-6-4-3-5-13(16)17(19)18-10-12-7-8-14-15(9-12)23-11-22-14/h3-9H,2,10-11H2,1H3,(H,18,19). The highest BCUT2D eigenvalue weighted by atomic mass is 32.2. The number of rotatable bonds is 5. The van der Waals surface area contributed by atoms with Crippen molar-refractivity contribution in [2.45, 2.75) is 18.4 Å². The van der Waals surface area contributed by atoms with Gasteiger partial charge >= 0.3 is 0 Å². The first-order valence-electron chi connectivity index (χ1n) is 7.50. The Balaban J connectivity index is 1.77. The maximum Gasteiger partial charge on any atom is 0.252 e. The molecule has 0 spiro atoms. The van der Waals surface area contributed by atoms with E-state index < -0.39 is 15.7 Å². The fourth-order valence-corrected chi connectivity index (χ4v) is 3.50. The highest BCUT2D eigenvalue weighted by Gasteiger charge is 2.20. The van der Waals surface area contributed by atoms with Gasteiger partial charge in [0, 0.05) is 6.54 Å². The second-order valence-electron chi connectivity index (χ2n) is 5.27. The van der Waals surface area contributed by atoms with E-state index in [-0.39, 0.29) is 29.5 Å². The van der Waals surface area contributed by atoms with Gasteiger partial charge in [0.25, 0.3) is 5.91 Å². The molecule has 24 heavy (non-hydrogen) atoms. The summed E-state index contributed by atoms with van der Waals surface area (Å²) < 4.78 is 34.8. The van der Waals surface area contributed by atoms with Crippen molar-refractivity contribution in [3.8, 4) is 11.5 Å². The Kier molecular flexibility index (Phi) is 4.44. The average Bonchev–Trinajstić information content (AvgIpc) is 3.07. The Labute approximate surface area is 140 Å². The minimum atomic E-state index is -3.46. The van der Waals surface area contributed by atoms with E-state index in [9.17, 15) is 13.2 Å². The van der Waals surface area contributed by atoms with Gasteiger partial charge in [-0.15, -0.1) is 0 Å². The molecule has 7 heteroatoms. The molecule has 1 N–H and O–H groups in total. The van der Waals surface area contributed by atoms with Crippen LogP contribution in [0.4, 0.5) is 0 Å². The van der Waals surface area contributed by atoms with Gasteiger partial charge in [-0.05, 0) is 29.8 Å². The van der Waals surface area contributed by atoms with Crippen molar-refractivity contribution in [3.63, 3.8) is 0 Å². The van der Waals surface area contributed by atoms with Gasteiger partial charge in [0.05, 0.1) is 16.2 Å². The number of ether oxygens (including phenoxy) is 2. The van der Waals surface area contributed by atoms with Crippen molar-refractivity contribution in [1.29, 1.82) is 0 Å². The Bertz CT molecular complexity index is 876. The maximum atomic E-state index is 12.4. The number of nitrogens with one attached hydrogen (secondary N) is 1. The lowest BCUT2D eigenvalue weighted by atomic mass is 10.1. The number of benzene rings is 2. The Morgan fingerprint density at radius 3 is 2.67 bits per heavy atom.